The van der Waals surface area contributed by atoms with Gasteiger partial charge in [0.2, 0.25) is 0 Å². The molecule has 3 rings (SSSR count). The molecule has 2 aromatic carbocycles. The number of halogens is 1. The molecule has 0 N–H and O–H groups in total. The average molecular weight is 332 g/mol. The summed E-state index contributed by atoms with van der Waals surface area (Å²) >= 11 is 6.13. The van der Waals surface area contributed by atoms with Crippen molar-refractivity contribution in [2.24, 2.45) is 5.92 Å². The van der Waals surface area contributed by atoms with Crippen LogP contribution in [0.15, 0.2) is 48.5 Å². The minimum Gasteiger partial charge on any atom is -0.461 e. The van der Waals surface area contributed by atoms with Crippen molar-refractivity contribution in [1.82, 2.24) is 0 Å². The SMILES string of the molecule is O=C(OCc1cccc([N+](=O)[O-])c1)C1CC1c1ccccc1Cl. The van der Waals surface area contributed by atoms with Gasteiger partial charge in [0, 0.05) is 17.2 Å². The normalized spacial score (nSPS) is 19.2. The number of hydrogen-bond donors (Lipinski definition) is 0. The molecule has 23 heavy (non-hydrogen) atoms. The molecule has 0 bridgehead atoms. The van der Waals surface area contributed by atoms with E-state index in [-0.39, 0.29) is 30.1 Å². The zero-order valence-electron chi connectivity index (χ0n) is 12.1. The molecule has 1 aliphatic rings. The second-order valence-electron chi connectivity index (χ2n) is 5.50. The van der Waals surface area contributed by atoms with E-state index in [0.29, 0.717) is 10.6 Å². The molecule has 2 atom stereocenters. The molecule has 1 aliphatic carbocycles. The zero-order valence-corrected chi connectivity index (χ0v) is 12.9. The van der Waals surface area contributed by atoms with E-state index >= 15 is 0 Å². The first-order valence-electron chi connectivity index (χ1n) is 7.20. The Hall–Kier alpha value is -2.40. The fraction of sp³-hybridized carbons (Fsp3) is 0.235. The second kappa shape index (κ2) is 6.38. The molecule has 2 aromatic rings. The number of nitro groups is 1. The molecular formula is C17H14ClNO4. The maximum absolute atomic E-state index is 12.1. The van der Waals surface area contributed by atoms with Gasteiger partial charge < -0.3 is 4.74 Å². The number of non-ortho nitro benzene ring substituents is 1. The average Bonchev–Trinajstić information content (AvgIpc) is 3.34. The number of benzene rings is 2. The van der Waals surface area contributed by atoms with Gasteiger partial charge in [-0.2, -0.15) is 0 Å². The molecule has 0 spiro atoms. The Morgan fingerprint density at radius 3 is 2.78 bits per heavy atom. The van der Waals surface area contributed by atoms with Gasteiger partial charge in [0.05, 0.1) is 10.8 Å². The highest BCUT2D eigenvalue weighted by Crippen LogP contribution is 2.50. The Morgan fingerprint density at radius 2 is 2.04 bits per heavy atom. The lowest BCUT2D eigenvalue weighted by Crippen LogP contribution is -2.08. The van der Waals surface area contributed by atoms with Crippen LogP contribution in [0.1, 0.15) is 23.5 Å². The molecule has 0 aromatic heterocycles. The number of nitrogens with zero attached hydrogens (tertiary/aromatic N) is 1. The predicted molar refractivity (Wildman–Crippen MR) is 85.2 cm³/mol. The Balaban J connectivity index is 1.58. The number of ether oxygens (including phenoxy) is 1. The van der Waals surface area contributed by atoms with Gasteiger partial charge in [0.25, 0.3) is 5.69 Å². The van der Waals surface area contributed by atoms with Crippen LogP contribution < -0.4 is 0 Å². The summed E-state index contributed by atoms with van der Waals surface area (Å²) in [7, 11) is 0. The van der Waals surface area contributed by atoms with Crippen molar-refractivity contribution in [3.05, 3.63) is 74.8 Å². The molecule has 0 saturated heterocycles. The van der Waals surface area contributed by atoms with Crippen molar-refractivity contribution in [3.63, 3.8) is 0 Å². The smallest absolute Gasteiger partial charge is 0.309 e. The molecule has 1 saturated carbocycles. The summed E-state index contributed by atoms with van der Waals surface area (Å²) in [6, 6.07) is 13.5. The Morgan fingerprint density at radius 1 is 1.26 bits per heavy atom. The summed E-state index contributed by atoms with van der Waals surface area (Å²) in [6.07, 6.45) is 0.720. The van der Waals surface area contributed by atoms with Crippen LogP contribution in [-0.2, 0) is 16.1 Å². The van der Waals surface area contributed by atoms with E-state index in [4.69, 9.17) is 16.3 Å². The molecule has 2 unspecified atom stereocenters. The fourth-order valence-corrected chi connectivity index (χ4v) is 2.87. The Bertz CT molecular complexity index is 762. The number of esters is 1. The van der Waals surface area contributed by atoms with Crippen molar-refractivity contribution >= 4 is 23.3 Å². The summed E-state index contributed by atoms with van der Waals surface area (Å²) in [6.45, 7) is 0.0340. The van der Waals surface area contributed by atoms with Crippen LogP contribution in [0.5, 0.6) is 0 Å². The predicted octanol–water partition coefficient (Wildman–Crippen LogP) is 4.10. The van der Waals surface area contributed by atoms with Gasteiger partial charge in [0.15, 0.2) is 0 Å². The van der Waals surface area contributed by atoms with Crippen LogP contribution in [-0.4, -0.2) is 10.9 Å². The Labute approximate surface area is 138 Å². The van der Waals surface area contributed by atoms with Crippen LogP contribution in [0, 0.1) is 16.0 Å². The van der Waals surface area contributed by atoms with Crippen LogP contribution in [0.2, 0.25) is 5.02 Å². The number of carbonyl (C=O) groups excluding carboxylic acids is 1. The first-order valence-corrected chi connectivity index (χ1v) is 7.58. The third-order valence-electron chi connectivity index (χ3n) is 3.90. The van der Waals surface area contributed by atoms with Crippen molar-refractivity contribution in [2.75, 3.05) is 0 Å². The molecule has 118 valence electrons. The van der Waals surface area contributed by atoms with Crippen molar-refractivity contribution < 1.29 is 14.5 Å². The van der Waals surface area contributed by atoms with E-state index in [1.54, 1.807) is 18.2 Å². The zero-order chi connectivity index (χ0) is 16.4. The van der Waals surface area contributed by atoms with Crippen molar-refractivity contribution in [1.29, 1.82) is 0 Å². The van der Waals surface area contributed by atoms with E-state index in [9.17, 15) is 14.9 Å². The molecule has 5 nitrogen and oxygen atoms in total. The summed E-state index contributed by atoms with van der Waals surface area (Å²) in [4.78, 5) is 22.3. The maximum atomic E-state index is 12.1. The Kier molecular flexibility index (Phi) is 4.30. The highest BCUT2D eigenvalue weighted by atomic mass is 35.5. The van der Waals surface area contributed by atoms with E-state index in [2.05, 4.69) is 0 Å². The number of carbonyl (C=O) groups is 1. The van der Waals surface area contributed by atoms with Crippen LogP contribution in [0.25, 0.3) is 0 Å². The van der Waals surface area contributed by atoms with Gasteiger partial charge in [0.1, 0.15) is 6.61 Å². The number of hydrogen-bond acceptors (Lipinski definition) is 4. The number of rotatable bonds is 5. The van der Waals surface area contributed by atoms with Crippen LogP contribution in [0.4, 0.5) is 5.69 Å². The minimum atomic E-state index is -0.473. The maximum Gasteiger partial charge on any atom is 0.309 e. The lowest BCUT2D eigenvalue weighted by molar-refractivity contribution is -0.384. The molecule has 6 heteroatoms. The largest absolute Gasteiger partial charge is 0.461 e. The molecule has 0 heterocycles. The van der Waals surface area contributed by atoms with E-state index in [1.807, 2.05) is 18.2 Å². The molecule has 0 amide bonds. The molecule has 0 aliphatic heterocycles. The van der Waals surface area contributed by atoms with E-state index in [0.717, 1.165) is 12.0 Å². The monoisotopic (exact) mass is 331 g/mol. The van der Waals surface area contributed by atoms with Gasteiger partial charge >= 0.3 is 5.97 Å². The lowest BCUT2D eigenvalue weighted by atomic mass is 10.1. The van der Waals surface area contributed by atoms with Crippen molar-refractivity contribution in [3.8, 4) is 0 Å². The second-order valence-corrected chi connectivity index (χ2v) is 5.91. The highest BCUT2D eigenvalue weighted by molar-refractivity contribution is 6.31. The quantitative estimate of drug-likeness (QED) is 0.470. The summed E-state index contributed by atoms with van der Waals surface area (Å²) < 4.78 is 5.27. The van der Waals surface area contributed by atoms with Gasteiger partial charge in [-0.1, -0.05) is 41.9 Å². The lowest BCUT2D eigenvalue weighted by Gasteiger charge is -2.06. The van der Waals surface area contributed by atoms with Crippen molar-refractivity contribution in [2.45, 2.75) is 18.9 Å². The first-order chi connectivity index (χ1) is 11.1. The molecular weight excluding hydrogens is 318 g/mol. The van der Waals surface area contributed by atoms with Gasteiger partial charge in [-0.25, -0.2) is 0 Å². The summed E-state index contributed by atoms with van der Waals surface area (Å²) in [5.74, 6) is -0.378. The third kappa shape index (κ3) is 3.51. The van der Waals surface area contributed by atoms with Gasteiger partial charge in [-0.15, -0.1) is 0 Å². The standard InChI is InChI=1S/C17H14ClNO4/c18-16-7-2-1-6-13(16)14-9-15(14)17(20)23-10-11-4-3-5-12(8-11)19(21)22/h1-8,14-15H,9-10H2. The highest BCUT2D eigenvalue weighted by Gasteiger charge is 2.46. The molecule has 0 radical (unpaired) electrons. The molecule has 1 fully saturated rings. The van der Waals surface area contributed by atoms with E-state index < -0.39 is 4.92 Å². The van der Waals surface area contributed by atoms with E-state index in [1.165, 1.54) is 12.1 Å². The van der Waals surface area contributed by atoms with Gasteiger partial charge in [-0.3, -0.25) is 14.9 Å². The van der Waals surface area contributed by atoms with Crippen LogP contribution >= 0.6 is 11.6 Å². The van der Waals surface area contributed by atoms with Gasteiger partial charge in [-0.05, 0) is 29.5 Å². The summed E-state index contributed by atoms with van der Waals surface area (Å²) in [5, 5.41) is 11.4. The first kappa shape index (κ1) is 15.5. The fourth-order valence-electron chi connectivity index (χ4n) is 2.60. The van der Waals surface area contributed by atoms with Crippen LogP contribution in [0.3, 0.4) is 0 Å². The number of nitro benzene ring substituents is 1. The minimum absolute atomic E-state index is 0.0149. The third-order valence-corrected chi connectivity index (χ3v) is 4.24. The topological polar surface area (TPSA) is 69.4 Å². The summed E-state index contributed by atoms with van der Waals surface area (Å²) in [5.41, 5.74) is 1.55.